The first-order valence-corrected chi connectivity index (χ1v) is 21.4. The van der Waals surface area contributed by atoms with Gasteiger partial charge in [0.1, 0.15) is 0 Å². The Morgan fingerprint density at radius 1 is 0.617 bits per heavy atom. The number of aromatic nitrogens is 3. The van der Waals surface area contributed by atoms with Crippen molar-refractivity contribution in [3.05, 3.63) is 146 Å². The van der Waals surface area contributed by atoms with Crippen LogP contribution in [0.4, 0.5) is 0 Å². The summed E-state index contributed by atoms with van der Waals surface area (Å²) in [5.41, 5.74) is 10.7. The molecule has 0 saturated heterocycles. The molecule has 4 heteroatoms. The second-order valence-electron chi connectivity index (χ2n) is 13.0. The van der Waals surface area contributed by atoms with E-state index < -0.39 is 18.7 Å². The molecular weight excluding hydrogens is 685 g/mol. The van der Waals surface area contributed by atoms with Gasteiger partial charge in [0, 0.05) is 0 Å². The molecule has 1 unspecified atom stereocenters. The standard InChI is InChI=1S/C43H41IN3/c1-4-7-16-31-26-28-45-42(29-31)35-19-8-11-20-37(35)44(43(45,5-2)6-3)38-25-24-32(30-36(38)39-21-14-15-27-46(39)44)47-40-22-12-9-17-33(40)34-18-10-13-23-41(34)47/h8-15,17-30H,4-7,16H2,1-3H3/q+1. The van der Waals surface area contributed by atoms with Gasteiger partial charge >= 0.3 is 283 Å². The van der Waals surface area contributed by atoms with Crippen molar-refractivity contribution in [3.63, 3.8) is 0 Å². The third-order valence-corrected chi connectivity index (χ3v) is 23.3. The first-order chi connectivity index (χ1) is 23.2. The number of pyridine rings is 2. The van der Waals surface area contributed by atoms with E-state index >= 15 is 0 Å². The van der Waals surface area contributed by atoms with Gasteiger partial charge in [0.25, 0.3) is 0 Å². The predicted molar refractivity (Wildman–Crippen MR) is 188 cm³/mol. The minimum absolute atomic E-state index is 0.0419. The molecule has 1 spiro atoms. The molecule has 9 rings (SSSR count). The first-order valence-electron chi connectivity index (χ1n) is 17.2. The Labute approximate surface area is 282 Å². The number of hydrogen-bond acceptors (Lipinski definition) is 0. The van der Waals surface area contributed by atoms with Crippen LogP contribution < -0.4 is 26.1 Å². The number of aryl methyl sites for hydroxylation is 1. The van der Waals surface area contributed by atoms with E-state index in [0.717, 1.165) is 19.3 Å². The number of rotatable bonds is 6. The summed E-state index contributed by atoms with van der Waals surface area (Å²) in [7, 11) is 0. The fourth-order valence-corrected chi connectivity index (χ4v) is 22.8. The van der Waals surface area contributed by atoms with Gasteiger partial charge < -0.3 is 0 Å². The van der Waals surface area contributed by atoms with Crippen molar-refractivity contribution in [1.82, 2.24) is 4.57 Å². The van der Waals surface area contributed by atoms with Crippen molar-refractivity contribution >= 4 is 21.8 Å². The Morgan fingerprint density at radius 2 is 1.30 bits per heavy atom. The van der Waals surface area contributed by atoms with Gasteiger partial charge in [-0.25, -0.2) is 0 Å². The molecular formula is C43H41IN3+. The van der Waals surface area contributed by atoms with Gasteiger partial charge in [-0.15, -0.1) is 0 Å². The average Bonchev–Trinajstić information content (AvgIpc) is 3.62. The van der Waals surface area contributed by atoms with Crippen LogP contribution in [0.5, 0.6) is 0 Å². The summed E-state index contributed by atoms with van der Waals surface area (Å²) in [6, 6.07) is 46.4. The predicted octanol–water partition coefficient (Wildman–Crippen LogP) is 6.50. The summed E-state index contributed by atoms with van der Waals surface area (Å²) in [5.74, 6) is 0. The van der Waals surface area contributed by atoms with Crippen LogP contribution >= 0.6 is 0 Å². The Morgan fingerprint density at radius 3 is 2.04 bits per heavy atom. The molecule has 0 amide bonds. The molecule has 0 fully saturated rings. The van der Waals surface area contributed by atoms with Gasteiger partial charge in [0.2, 0.25) is 0 Å². The van der Waals surface area contributed by atoms with Crippen molar-refractivity contribution in [2.75, 3.05) is 0 Å². The van der Waals surface area contributed by atoms with Gasteiger partial charge in [-0.05, 0) is 0 Å². The normalized spacial score (nSPS) is 18.4. The van der Waals surface area contributed by atoms with E-state index in [1.165, 1.54) is 68.4 Å². The monoisotopic (exact) mass is 726 g/mol. The number of unbranched alkanes of at least 4 members (excludes halogenated alkanes) is 1. The summed E-state index contributed by atoms with van der Waals surface area (Å²) in [6.07, 6.45) is 10.6. The maximum absolute atomic E-state index is 3.38. The zero-order valence-electron chi connectivity index (χ0n) is 27.5. The Kier molecular flexibility index (Phi) is 6.69. The molecule has 2 aliphatic rings. The third-order valence-electron chi connectivity index (χ3n) is 10.8. The number of fused-ring (bicyclic) bond motifs is 12. The molecule has 234 valence electrons. The molecule has 3 nitrogen and oxygen atoms in total. The van der Waals surface area contributed by atoms with Crippen molar-refractivity contribution in [3.8, 4) is 28.2 Å². The second kappa shape index (κ2) is 10.9. The maximum atomic E-state index is 2.81. The molecule has 1 atom stereocenters. The van der Waals surface area contributed by atoms with Crippen molar-refractivity contribution in [2.45, 2.75) is 56.4 Å². The van der Waals surface area contributed by atoms with Crippen LogP contribution in [-0.2, 0) is 9.97 Å². The first kappa shape index (κ1) is 28.9. The molecule has 7 aromatic rings. The van der Waals surface area contributed by atoms with Crippen LogP contribution in [0.1, 0.15) is 52.0 Å². The van der Waals surface area contributed by atoms with E-state index in [9.17, 15) is 0 Å². The van der Waals surface area contributed by atoms with Crippen molar-refractivity contribution in [1.29, 1.82) is 0 Å². The summed E-state index contributed by atoms with van der Waals surface area (Å²) in [5, 5.41) is 2.60. The summed E-state index contributed by atoms with van der Waals surface area (Å²) >= 11 is -3.38. The van der Waals surface area contributed by atoms with Gasteiger partial charge in [-0.1, -0.05) is 0 Å². The zero-order valence-corrected chi connectivity index (χ0v) is 29.6. The van der Waals surface area contributed by atoms with Crippen LogP contribution in [0.15, 0.2) is 134 Å². The van der Waals surface area contributed by atoms with E-state index in [1.807, 2.05) is 0 Å². The van der Waals surface area contributed by atoms with Gasteiger partial charge in [-0.3, -0.25) is 0 Å². The molecule has 47 heavy (non-hydrogen) atoms. The van der Waals surface area contributed by atoms with E-state index in [-0.39, 0.29) is 3.55 Å². The van der Waals surface area contributed by atoms with Gasteiger partial charge in [0.15, 0.2) is 0 Å². The number of alkyl halides is 1. The number of nitrogens with zero attached hydrogens (tertiary/aromatic N) is 3. The Hall–Kier alpha value is -4.29. The summed E-state index contributed by atoms with van der Waals surface area (Å²) in [4.78, 5) is 0. The van der Waals surface area contributed by atoms with Crippen LogP contribution in [0.3, 0.4) is 0 Å². The fourth-order valence-electron chi connectivity index (χ4n) is 8.65. The Bertz CT molecular complexity index is 2290. The van der Waals surface area contributed by atoms with Crippen LogP contribution in [-0.4, -0.2) is 4.57 Å². The van der Waals surface area contributed by atoms with Crippen LogP contribution in [0.2, 0.25) is 0 Å². The van der Waals surface area contributed by atoms with E-state index in [0.29, 0.717) is 0 Å². The van der Waals surface area contributed by atoms with Gasteiger partial charge in [-0.2, -0.15) is 0 Å². The molecule has 0 aliphatic carbocycles. The molecule has 2 aliphatic heterocycles. The number of hydrogen-bond donors (Lipinski definition) is 0. The second-order valence-corrected chi connectivity index (χ2v) is 21.4. The SMILES string of the molecule is CCCCc1cc[n+]2c(c1)-c1ccccc1[I-]1(c3ccc(-n4c5ccccc5c5ccccc54)cc3-c3cccc[n+]31)C2(CC)CC. The van der Waals surface area contributed by atoms with E-state index in [4.69, 9.17) is 0 Å². The molecule has 0 radical (unpaired) electrons. The van der Waals surface area contributed by atoms with Crippen molar-refractivity contribution < 1.29 is 26.1 Å². The molecule has 5 heterocycles. The topological polar surface area (TPSA) is 12.7 Å². The Balaban J connectivity index is 1.37. The van der Waals surface area contributed by atoms with E-state index in [2.05, 4.69) is 166 Å². The zero-order chi connectivity index (χ0) is 31.8. The molecule has 3 aromatic heterocycles. The quantitative estimate of drug-likeness (QED) is 0.106. The summed E-state index contributed by atoms with van der Waals surface area (Å²) < 4.78 is 11.1. The average molecular weight is 727 g/mol. The fraction of sp³-hybridized carbons (Fsp3) is 0.209. The third kappa shape index (κ3) is 3.73. The number of halogens is 1. The molecule has 4 aromatic carbocycles. The summed E-state index contributed by atoms with van der Waals surface area (Å²) in [6.45, 7) is 7.17. The van der Waals surface area contributed by atoms with Crippen LogP contribution in [0, 0.1) is 7.14 Å². The molecule has 0 bridgehead atoms. The van der Waals surface area contributed by atoms with E-state index in [1.54, 1.807) is 7.14 Å². The molecule has 0 N–H and O–H groups in total. The number of para-hydroxylation sites is 2. The molecule has 0 saturated carbocycles. The number of benzene rings is 4. The van der Waals surface area contributed by atoms with Crippen LogP contribution in [0.25, 0.3) is 50.0 Å². The minimum atomic E-state index is -3.38. The van der Waals surface area contributed by atoms with Gasteiger partial charge in [0.05, 0.1) is 0 Å². The van der Waals surface area contributed by atoms with Crippen molar-refractivity contribution in [2.24, 2.45) is 0 Å².